The molecule has 1 aromatic carbocycles. The van der Waals surface area contributed by atoms with Crippen molar-refractivity contribution in [2.75, 3.05) is 0 Å². The Hall–Kier alpha value is -2.47. The summed E-state index contributed by atoms with van der Waals surface area (Å²) in [6.45, 7) is 2.62. The van der Waals surface area contributed by atoms with Crippen LogP contribution in [0.2, 0.25) is 0 Å². The van der Waals surface area contributed by atoms with Crippen molar-refractivity contribution in [2.24, 2.45) is 4.99 Å². The standard InChI is InChI=1S/C18H18FN3OS/c1-2-4-17-16(12-20-11-15-5-3-10-24-15)18(23)22(21-17)14-8-6-13(19)7-9-14/h3,5-10,12,21H,2,4,11H2,1H3. The van der Waals surface area contributed by atoms with E-state index in [1.807, 2.05) is 17.5 Å². The molecule has 0 fully saturated rings. The quantitative estimate of drug-likeness (QED) is 0.677. The molecule has 0 aliphatic rings. The van der Waals surface area contributed by atoms with Gasteiger partial charge in [0.1, 0.15) is 5.82 Å². The molecule has 2 aromatic heterocycles. The van der Waals surface area contributed by atoms with Gasteiger partial charge in [0.05, 0.1) is 17.8 Å². The van der Waals surface area contributed by atoms with Crippen LogP contribution < -0.4 is 5.56 Å². The van der Waals surface area contributed by atoms with E-state index in [0.717, 1.165) is 23.4 Å². The summed E-state index contributed by atoms with van der Waals surface area (Å²) in [6.07, 6.45) is 3.31. The number of hydrogen-bond donors (Lipinski definition) is 1. The van der Waals surface area contributed by atoms with Gasteiger partial charge in [0.25, 0.3) is 5.56 Å². The lowest BCUT2D eigenvalue weighted by Crippen LogP contribution is -2.17. The summed E-state index contributed by atoms with van der Waals surface area (Å²) in [7, 11) is 0. The molecular formula is C18H18FN3OS. The fraction of sp³-hybridized carbons (Fsp3) is 0.222. The zero-order valence-electron chi connectivity index (χ0n) is 13.3. The molecule has 0 aliphatic heterocycles. The Labute approximate surface area is 143 Å². The Morgan fingerprint density at radius 3 is 2.75 bits per heavy atom. The number of H-pyrrole nitrogens is 1. The zero-order valence-corrected chi connectivity index (χ0v) is 14.1. The van der Waals surface area contributed by atoms with Crippen molar-refractivity contribution in [1.82, 2.24) is 9.78 Å². The number of nitrogens with zero attached hydrogens (tertiary/aromatic N) is 2. The molecule has 0 saturated heterocycles. The lowest BCUT2D eigenvalue weighted by Gasteiger charge is -2.01. The van der Waals surface area contributed by atoms with Gasteiger partial charge in [0, 0.05) is 16.8 Å². The normalized spacial score (nSPS) is 11.4. The minimum absolute atomic E-state index is 0.167. The van der Waals surface area contributed by atoms with Gasteiger partial charge in [0.15, 0.2) is 0 Å². The van der Waals surface area contributed by atoms with Gasteiger partial charge >= 0.3 is 0 Å². The first kappa shape index (κ1) is 16.4. The van der Waals surface area contributed by atoms with Crippen LogP contribution in [-0.2, 0) is 13.0 Å². The lowest BCUT2D eigenvalue weighted by atomic mass is 10.2. The number of hydrogen-bond acceptors (Lipinski definition) is 3. The first-order chi connectivity index (χ1) is 11.7. The summed E-state index contributed by atoms with van der Waals surface area (Å²) in [5, 5.41) is 5.13. The number of thiophene rings is 1. The molecule has 1 N–H and O–H groups in total. The number of nitrogens with one attached hydrogen (secondary N) is 1. The van der Waals surface area contributed by atoms with Gasteiger partial charge in [-0.2, -0.15) is 0 Å². The topological polar surface area (TPSA) is 50.1 Å². The molecule has 0 radical (unpaired) electrons. The van der Waals surface area contributed by atoms with Crippen molar-refractivity contribution in [2.45, 2.75) is 26.3 Å². The molecular weight excluding hydrogens is 325 g/mol. The van der Waals surface area contributed by atoms with E-state index < -0.39 is 0 Å². The van der Waals surface area contributed by atoms with Crippen LogP contribution in [0.25, 0.3) is 5.69 Å². The van der Waals surface area contributed by atoms with Gasteiger partial charge in [-0.3, -0.25) is 14.9 Å². The number of aromatic amines is 1. The van der Waals surface area contributed by atoms with Gasteiger partial charge in [-0.25, -0.2) is 9.07 Å². The molecule has 4 nitrogen and oxygen atoms in total. The van der Waals surface area contributed by atoms with E-state index in [-0.39, 0.29) is 11.4 Å². The first-order valence-corrected chi connectivity index (χ1v) is 8.69. The van der Waals surface area contributed by atoms with E-state index in [4.69, 9.17) is 0 Å². The van der Waals surface area contributed by atoms with Crippen LogP contribution >= 0.6 is 11.3 Å². The molecule has 0 atom stereocenters. The van der Waals surface area contributed by atoms with Gasteiger partial charge < -0.3 is 0 Å². The van der Waals surface area contributed by atoms with Crippen LogP contribution in [0.15, 0.2) is 51.6 Å². The summed E-state index contributed by atoms with van der Waals surface area (Å²) in [6, 6.07) is 9.84. The smallest absolute Gasteiger partial charge is 0.280 e. The van der Waals surface area contributed by atoms with Crippen molar-refractivity contribution >= 4 is 17.6 Å². The lowest BCUT2D eigenvalue weighted by molar-refractivity contribution is 0.626. The van der Waals surface area contributed by atoms with Crippen molar-refractivity contribution in [3.8, 4) is 5.69 Å². The minimum atomic E-state index is -0.329. The number of aryl methyl sites for hydroxylation is 1. The number of benzene rings is 1. The highest BCUT2D eigenvalue weighted by Gasteiger charge is 2.13. The minimum Gasteiger partial charge on any atom is -0.294 e. The molecule has 24 heavy (non-hydrogen) atoms. The molecule has 0 amide bonds. The summed E-state index contributed by atoms with van der Waals surface area (Å²) in [4.78, 5) is 18.2. The van der Waals surface area contributed by atoms with Crippen molar-refractivity contribution in [1.29, 1.82) is 0 Å². The Bertz CT molecular complexity index is 876. The highest BCUT2D eigenvalue weighted by atomic mass is 32.1. The molecule has 0 unspecified atom stereocenters. The molecule has 3 aromatic rings. The zero-order chi connectivity index (χ0) is 16.9. The van der Waals surface area contributed by atoms with Gasteiger partial charge in [-0.05, 0) is 42.1 Å². The summed E-state index contributed by atoms with van der Waals surface area (Å²) < 4.78 is 14.5. The van der Waals surface area contributed by atoms with Gasteiger partial charge in [-0.1, -0.05) is 19.4 Å². The van der Waals surface area contributed by atoms with Crippen LogP contribution in [0.4, 0.5) is 4.39 Å². The highest BCUT2D eigenvalue weighted by molar-refractivity contribution is 7.09. The largest absolute Gasteiger partial charge is 0.294 e. The van der Waals surface area contributed by atoms with Gasteiger partial charge in [0.2, 0.25) is 0 Å². The SMILES string of the molecule is CCCc1[nH]n(-c2ccc(F)cc2)c(=O)c1C=NCc1cccs1. The average molecular weight is 343 g/mol. The third-order valence-electron chi connectivity index (χ3n) is 3.64. The molecule has 0 aliphatic carbocycles. The Morgan fingerprint density at radius 2 is 2.08 bits per heavy atom. The maximum Gasteiger partial charge on any atom is 0.280 e. The van der Waals surface area contributed by atoms with E-state index in [1.165, 1.54) is 16.8 Å². The second-order valence-corrected chi connectivity index (χ2v) is 6.45. The van der Waals surface area contributed by atoms with Crippen molar-refractivity contribution < 1.29 is 4.39 Å². The fourth-order valence-corrected chi connectivity index (χ4v) is 3.11. The average Bonchev–Trinajstić information content (AvgIpc) is 3.19. The van der Waals surface area contributed by atoms with Crippen molar-refractivity contribution in [3.05, 3.63) is 74.1 Å². The predicted octanol–water partition coefficient (Wildman–Crippen LogP) is 3.94. The second kappa shape index (κ2) is 7.40. The Balaban J connectivity index is 1.93. The number of aromatic nitrogens is 2. The molecule has 0 bridgehead atoms. The Kier molecular flexibility index (Phi) is 5.05. The van der Waals surface area contributed by atoms with E-state index in [1.54, 1.807) is 29.7 Å². The first-order valence-electron chi connectivity index (χ1n) is 7.81. The third kappa shape index (κ3) is 3.54. The third-order valence-corrected chi connectivity index (χ3v) is 4.50. The van der Waals surface area contributed by atoms with E-state index in [0.29, 0.717) is 17.8 Å². The molecule has 0 spiro atoms. The van der Waals surface area contributed by atoms with Crippen LogP contribution in [0.5, 0.6) is 0 Å². The van der Waals surface area contributed by atoms with E-state index >= 15 is 0 Å². The predicted molar refractivity (Wildman–Crippen MR) is 96.0 cm³/mol. The number of aliphatic imine (C=N–C) groups is 1. The highest BCUT2D eigenvalue weighted by Crippen LogP contribution is 2.11. The molecule has 3 rings (SSSR count). The fourth-order valence-electron chi connectivity index (χ4n) is 2.47. The van der Waals surface area contributed by atoms with Gasteiger partial charge in [-0.15, -0.1) is 11.3 Å². The van der Waals surface area contributed by atoms with Crippen molar-refractivity contribution in [3.63, 3.8) is 0 Å². The number of halogens is 1. The van der Waals surface area contributed by atoms with E-state index in [2.05, 4.69) is 17.0 Å². The second-order valence-electron chi connectivity index (χ2n) is 5.42. The maximum atomic E-state index is 13.1. The summed E-state index contributed by atoms with van der Waals surface area (Å²) >= 11 is 1.64. The van der Waals surface area contributed by atoms with Crippen LogP contribution in [0, 0.1) is 5.82 Å². The molecule has 124 valence electrons. The van der Waals surface area contributed by atoms with Crippen LogP contribution in [0.3, 0.4) is 0 Å². The molecule has 2 heterocycles. The van der Waals surface area contributed by atoms with Crippen LogP contribution in [-0.4, -0.2) is 16.0 Å². The number of rotatable bonds is 6. The monoisotopic (exact) mass is 343 g/mol. The molecule has 0 saturated carbocycles. The Morgan fingerprint density at radius 1 is 1.29 bits per heavy atom. The maximum absolute atomic E-state index is 13.1. The molecule has 6 heteroatoms. The van der Waals surface area contributed by atoms with Crippen LogP contribution in [0.1, 0.15) is 29.5 Å². The summed E-state index contributed by atoms with van der Waals surface area (Å²) in [5.74, 6) is -0.329. The van der Waals surface area contributed by atoms with E-state index in [9.17, 15) is 9.18 Å². The summed E-state index contributed by atoms with van der Waals surface area (Å²) in [5.41, 5.74) is 1.86.